The van der Waals surface area contributed by atoms with E-state index < -0.39 is 0 Å². The van der Waals surface area contributed by atoms with Crippen molar-refractivity contribution in [3.8, 4) is 0 Å². The molecule has 3 rings (SSSR count). The Hall–Kier alpha value is -2.43. The van der Waals surface area contributed by atoms with Gasteiger partial charge in [0.15, 0.2) is 0 Å². The lowest BCUT2D eigenvalue weighted by Gasteiger charge is -2.24. The maximum absolute atomic E-state index is 12.9. The minimum absolute atomic E-state index is 0.127. The van der Waals surface area contributed by atoms with E-state index in [1.54, 1.807) is 6.08 Å². The summed E-state index contributed by atoms with van der Waals surface area (Å²) >= 11 is 0. The molecule has 1 heterocycles. The minimum Gasteiger partial charge on any atom is -0.337 e. The third-order valence-electron chi connectivity index (χ3n) is 4.58. The monoisotopic (exact) mass is 335 g/mol. The molecule has 0 spiro atoms. The van der Waals surface area contributed by atoms with Gasteiger partial charge < -0.3 is 4.90 Å². The zero-order valence-electron chi connectivity index (χ0n) is 14.4. The highest BCUT2D eigenvalue weighted by molar-refractivity contribution is 5.82. The van der Waals surface area contributed by atoms with Crippen molar-refractivity contribution in [1.82, 2.24) is 15.8 Å². The fourth-order valence-corrected chi connectivity index (χ4v) is 3.20. The highest BCUT2D eigenvalue weighted by atomic mass is 16.2. The third-order valence-corrected chi connectivity index (χ3v) is 4.58. The van der Waals surface area contributed by atoms with Crippen molar-refractivity contribution < 1.29 is 4.79 Å². The van der Waals surface area contributed by atoms with Crippen LogP contribution in [0.2, 0.25) is 0 Å². The average molecular weight is 335 g/mol. The summed E-state index contributed by atoms with van der Waals surface area (Å²) in [5, 5.41) is 0. The van der Waals surface area contributed by atoms with Crippen LogP contribution in [0.4, 0.5) is 0 Å². The van der Waals surface area contributed by atoms with Gasteiger partial charge in [-0.1, -0.05) is 66.7 Å². The predicted molar refractivity (Wildman–Crippen MR) is 101 cm³/mol. The minimum atomic E-state index is -0.207. The lowest BCUT2D eigenvalue weighted by Crippen LogP contribution is -2.46. The van der Waals surface area contributed by atoms with Gasteiger partial charge in [0.25, 0.3) is 0 Å². The third kappa shape index (κ3) is 4.56. The van der Waals surface area contributed by atoms with E-state index >= 15 is 0 Å². The van der Waals surface area contributed by atoms with Gasteiger partial charge in [-0.2, -0.15) is 0 Å². The number of nitrogens with one attached hydrogen (secondary N) is 2. The van der Waals surface area contributed by atoms with Crippen LogP contribution in [0.1, 0.15) is 23.6 Å². The van der Waals surface area contributed by atoms with Gasteiger partial charge in [-0.3, -0.25) is 4.79 Å². The fraction of sp³-hybridized carbons (Fsp3) is 0.286. The van der Waals surface area contributed by atoms with E-state index in [9.17, 15) is 4.79 Å². The quantitative estimate of drug-likeness (QED) is 0.765. The predicted octanol–water partition coefficient (Wildman–Crippen LogP) is 2.85. The van der Waals surface area contributed by atoms with Crippen molar-refractivity contribution in [2.24, 2.45) is 0 Å². The Morgan fingerprint density at radius 2 is 1.76 bits per heavy atom. The Labute approximate surface area is 149 Å². The lowest BCUT2D eigenvalue weighted by atomic mass is 10.0. The van der Waals surface area contributed by atoms with Gasteiger partial charge >= 0.3 is 0 Å². The number of carbonyl (C=O) groups is 1. The summed E-state index contributed by atoms with van der Waals surface area (Å²) in [6.45, 7) is 5.06. The fourth-order valence-electron chi connectivity index (χ4n) is 3.20. The second-order valence-corrected chi connectivity index (χ2v) is 6.35. The number of hydrogen-bond acceptors (Lipinski definition) is 3. The molecule has 0 saturated carbocycles. The molecule has 0 radical (unpaired) electrons. The smallest absolute Gasteiger partial charge is 0.241 e. The average Bonchev–Trinajstić information content (AvgIpc) is 3.16. The summed E-state index contributed by atoms with van der Waals surface area (Å²) in [5.41, 5.74) is 8.86. The van der Waals surface area contributed by atoms with Crippen LogP contribution in [0.5, 0.6) is 0 Å². The molecule has 2 atom stereocenters. The van der Waals surface area contributed by atoms with Crippen molar-refractivity contribution >= 4 is 5.91 Å². The standard InChI is InChI=1S/C21H25N3O/c1-2-14-24(15-13-17-9-5-3-6-10-17)21(25)20-16-19(22-23-20)18-11-7-4-8-12-18/h2-12,19-20,22-23H,1,13-16H2. The van der Waals surface area contributed by atoms with Crippen LogP contribution in [0, 0.1) is 0 Å². The van der Waals surface area contributed by atoms with Gasteiger partial charge in [0.05, 0.1) is 0 Å². The topological polar surface area (TPSA) is 44.4 Å². The Morgan fingerprint density at radius 1 is 1.08 bits per heavy atom. The molecule has 4 nitrogen and oxygen atoms in total. The molecular weight excluding hydrogens is 310 g/mol. The lowest BCUT2D eigenvalue weighted by molar-refractivity contribution is -0.132. The maximum Gasteiger partial charge on any atom is 0.241 e. The van der Waals surface area contributed by atoms with E-state index in [4.69, 9.17) is 0 Å². The highest BCUT2D eigenvalue weighted by Crippen LogP contribution is 2.22. The number of hydrazine groups is 1. The SMILES string of the molecule is C=CCN(CCc1ccccc1)C(=O)C1CC(c2ccccc2)NN1. The number of hydrogen-bond donors (Lipinski definition) is 2. The summed E-state index contributed by atoms with van der Waals surface area (Å²) in [6, 6.07) is 20.4. The van der Waals surface area contributed by atoms with E-state index in [1.165, 1.54) is 11.1 Å². The molecular formula is C21H25N3O. The summed E-state index contributed by atoms with van der Waals surface area (Å²) in [4.78, 5) is 14.8. The van der Waals surface area contributed by atoms with Crippen LogP contribution < -0.4 is 10.9 Å². The maximum atomic E-state index is 12.9. The molecule has 0 bridgehead atoms. The zero-order valence-corrected chi connectivity index (χ0v) is 14.4. The van der Waals surface area contributed by atoms with Crippen LogP contribution in [-0.4, -0.2) is 29.9 Å². The van der Waals surface area contributed by atoms with Crippen molar-refractivity contribution in [1.29, 1.82) is 0 Å². The Kier molecular flexibility index (Phi) is 5.99. The van der Waals surface area contributed by atoms with Crippen molar-refractivity contribution in [2.75, 3.05) is 13.1 Å². The molecule has 130 valence electrons. The second-order valence-electron chi connectivity index (χ2n) is 6.35. The number of amides is 1. The summed E-state index contributed by atoms with van der Waals surface area (Å²) in [7, 11) is 0. The molecule has 25 heavy (non-hydrogen) atoms. The Balaban J connectivity index is 1.60. The van der Waals surface area contributed by atoms with Crippen molar-refractivity contribution in [2.45, 2.75) is 24.9 Å². The van der Waals surface area contributed by atoms with Crippen LogP contribution in [0.25, 0.3) is 0 Å². The second kappa shape index (κ2) is 8.60. The normalized spacial score (nSPS) is 19.5. The van der Waals surface area contributed by atoms with E-state index in [2.05, 4.69) is 41.7 Å². The summed E-state index contributed by atoms with van der Waals surface area (Å²) in [5.74, 6) is 0.127. The molecule has 0 aliphatic carbocycles. The summed E-state index contributed by atoms with van der Waals surface area (Å²) < 4.78 is 0. The van der Waals surface area contributed by atoms with Crippen LogP contribution >= 0.6 is 0 Å². The van der Waals surface area contributed by atoms with Gasteiger partial charge in [0.1, 0.15) is 6.04 Å². The number of rotatable bonds is 7. The molecule has 0 aromatic heterocycles. The first-order valence-electron chi connectivity index (χ1n) is 8.77. The molecule has 1 amide bonds. The number of nitrogens with zero attached hydrogens (tertiary/aromatic N) is 1. The first kappa shape index (κ1) is 17.4. The Morgan fingerprint density at radius 3 is 2.44 bits per heavy atom. The number of carbonyl (C=O) groups excluding carboxylic acids is 1. The highest BCUT2D eigenvalue weighted by Gasteiger charge is 2.32. The molecule has 2 aromatic carbocycles. The zero-order chi connectivity index (χ0) is 17.5. The van der Waals surface area contributed by atoms with E-state index in [0.29, 0.717) is 13.1 Å². The molecule has 2 unspecified atom stereocenters. The molecule has 2 aromatic rings. The van der Waals surface area contributed by atoms with Gasteiger partial charge in [-0.05, 0) is 24.0 Å². The molecule has 1 fully saturated rings. The van der Waals surface area contributed by atoms with E-state index in [1.807, 2.05) is 41.3 Å². The van der Waals surface area contributed by atoms with Crippen molar-refractivity contribution in [3.05, 3.63) is 84.4 Å². The van der Waals surface area contributed by atoms with Crippen LogP contribution in [-0.2, 0) is 11.2 Å². The molecule has 1 aliphatic rings. The first-order chi connectivity index (χ1) is 12.3. The van der Waals surface area contributed by atoms with Crippen molar-refractivity contribution in [3.63, 3.8) is 0 Å². The van der Waals surface area contributed by atoms with Gasteiger partial charge in [0, 0.05) is 19.1 Å². The van der Waals surface area contributed by atoms with Crippen LogP contribution in [0.15, 0.2) is 73.3 Å². The van der Waals surface area contributed by atoms with Crippen LogP contribution in [0.3, 0.4) is 0 Å². The first-order valence-corrected chi connectivity index (χ1v) is 8.77. The molecule has 1 aliphatic heterocycles. The van der Waals surface area contributed by atoms with Gasteiger partial charge in [-0.15, -0.1) is 6.58 Å². The van der Waals surface area contributed by atoms with E-state index in [0.717, 1.165) is 12.8 Å². The molecule has 1 saturated heterocycles. The largest absolute Gasteiger partial charge is 0.337 e. The van der Waals surface area contributed by atoms with Gasteiger partial charge in [-0.25, -0.2) is 10.9 Å². The van der Waals surface area contributed by atoms with Gasteiger partial charge in [0.2, 0.25) is 5.91 Å². The molecule has 2 N–H and O–H groups in total. The number of benzene rings is 2. The van der Waals surface area contributed by atoms with E-state index in [-0.39, 0.29) is 18.0 Å². The summed E-state index contributed by atoms with van der Waals surface area (Å²) in [6.07, 6.45) is 3.39. The molecule has 4 heteroatoms. The Bertz CT molecular complexity index is 687.